The van der Waals surface area contributed by atoms with E-state index in [2.05, 4.69) is 9.72 Å². The first-order valence-corrected chi connectivity index (χ1v) is 5.65. The van der Waals surface area contributed by atoms with Gasteiger partial charge >= 0.3 is 11.9 Å². The van der Waals surface area contributed by atoms with Crippen LogP contribution in [0.15, 0.2) is 18.5 Å². The normalized spacial score (nSPS) is 13.6. The third-order valence-electron chi connectivity index (χ3n) is 2.39. The molecule has 1 heterocycles. The van der Waals surface area contributed by atoms with Crippen molar-refractivity contribution in [2.75, 3.05) is 6.61 Å². The summed E-state index contributed by atoms with van der Waals surface area (Å²) in [6.45, 7) is 1.80. The number of carbonyl (C=O) groups excluding carboxylic acids is 1. The Bertz CT molecular complexity index is 461. The monoisotopic (exact) mass is 269 g/mol. The number of carboxylic acid groups (broad SMARTS) is 1. The SMILES string of the molecule is CCOC(=O)CC(O)C(O)c1cncc(C(=O)O)c1. The molecule has 0 fully saturated rings. The molecule has 0 radical (unpaired) electrons. The van der Waals surface area contributed by atoms with Crippen LogP contribution in [0.4, 0.5) is 0 Å². The van der Waals surface area contributed by atoms with E-state index >= 15 is 0 Å². The van der Waals surface area contributed by atoms with Gasteiger partial charge in [0.15, 0.2) is 0 Å². The Morgan fingerprint density at radius 2 is 2.05 bits per heavy atom. The molecule has 0 amide bonds. The van der Waals surface area contributed by atoms with Crippen molar-refractivity contribution in [2.45, 2.75) is 25.6 Å². The third kappa shape index (κ3) is 4.31. The molecule has 7 heteroatoms. The topological polar surface area (TPSA) is 117 Å². The van der Waals surface area contributed by atoms with Crippen LogP contribution in [-0.2, 0) is 9.53 Å². The molecule has 2 atom stereocenters. The molecule has 0 saturated carbocycles. The molecule has 2 unspecified atom stereocenters. The minimum absolute atomic E-state index is 0.111. The summed E-state index contributed by atoms with van der Waals surface area (Å²) >= 11 is 0. The van der Waals surface area contributed by atoms with Crippen molar-refractivity contribution < 1.29 is 29.6 Å². The number of carboxylic acids is 1. The van der Waals surface area contributed by atoms with Gasteiger partial charge in [0.05, 0.1) is 24.7 Å². The van der Waals surface area contributed by atoms with Crippen LogP contribution in [0.5, 0.6) is 0 Å². The van der Waals surface area contributed by atoms with Crippen molar-refractivity contribution in [3.63, 3.8) is 0 Å². The number of esters is 1. The van der Waals surface area contributed by atoms with E-state index in [1.165, 1.54) is 12.3 Å². The van der Waals surface area contributed by atoms with Crippen LogP contribution < -0.4 is 0 Å². The largest absolute Gasteiger partial charge is 0.478 e. The smallest absolute Gasteiger partial charge is 0.337 e. The van der Waals surface area contributed by atoms with Crippen molar-refractivity contribution in [3.05, 3.63) is 29.6 Å². The van der Waals surface area contributed by atoms with E-state index in [1.807, 2.05) is 0 Å². The number of rotatable bonds is 6. The van der Waals surface area contributed by atoms with Crippen molar-refractivity contribution in [1.82, 2.24) is 4.98 Å². The van der Waals surface area contributed by atoms with Crippen LogP contribution in [0, 0.1) is 0 Å². The van der Waals surface area contributed by atoms with Crippen molar-refractivity contribution in [3.8, 4) is 0 Å². The van der Waals surface area contributed by atoms with Crippen molar-refractivity contribution in [2.24, 2.45) is 0 Å². The molecule has 19 heavy (non-hydrogen) atoms. The number of aliphatic hydroxyl groups is 2. The second-order valence-electron chi connectivity index (χ2n) is 3.83. The predicted octanol–water partition coefficient (Wildman–Crippen LogP) is 0.127. The quantitative estimate of drug-likeness (QED) is 0.628. The molecular formula is C12H15NO6. The fourth-order valence-electron chi connectivity index (χ4n) is 1.46. The fraction of sp³-hybridized carbons (Fsp3) is 0.417. The molecular weight excluding hydrogens is 254 g/mol. The molecule has 7 nitrogen and oxygen atoms in total. The van der Waals surface area contributed by atoms with Gasteiger partial charge in [-0.25, -0.2) is 4.79 Å². The second kappa shape index (κ2) is 6.81. The van der Waals surface area contributed by atoms with Crippen LogP contribution in [-0.4, -0.2) is 45.0 Å². The second-order valence-corrected chi connectivity index (χ2v) is 3.83. The average molecular weight is 269 g/mol. The number of hydrogen-bond donors (Lipinski definition) is 3. The van der Waals surface area contributed by atoms with Gasteiger partial charge in [0.25, 0.3) is 0 Å². The summed E-state index contributed by atoms with van der Waals surface area (Å²) in [4.78, 5) is 25.6. The van der Waals surface area contributed by atoms with Crippen LogP contribution in [0.2, 0.25) is 0 Å². The molecule has 3 N–H and O–H groups in total. The third-order valence-corrected chi connectivity index (χ3v) is 2.39. The maximum atomic E-state index is 11.2. The number of carbonyl (C=O) groups is 2. The van der Waals surface area contributed by atoms with Crippen molar-refractivity contribution in [1.29, 1.82) is 0 Å². The number of nitrogens with zero attached hydrogens (tertiary/aromatic N) is 1. The Hall–Kier alpha value is -1.99. The lowest BCUT2D eigenvalue weighted by atomic mass is 10.0. The Morgan fingerprint density at radius 1 is 1.37 bits per heavy atom. The Labute approximate surface area is 109 Å². The number of pyridine rings is 1. The van der Waals surface area contributed by atoms with E-state index in [4.69, 9.17) is 5.11 Å². The van der Waals surface area contributed by atoms with Gasteiger partial charge in [-0.05, 0) is 13.0 Å². The molecule has 0 bridgehead atoms. The number of aliphatic hydroxyl groups excluding tert-OH is 2. The minimum Gasteiger partial charge on any atom is -0.478 e. The van der Waals surface area contributed by atoms with Gasteiger partial charge in [0, 0.05) is 18.0 Å². The summed E-state index contributed by atoms with van der Waals surface area (Å²) < 4.78 is 4.64. The van der Waals surface area contributed by atoms with Crippen LogP contribution in [0.25, 0.3) is 0 Å². The molecule has 1 rings (SSSR count). The maximum absolute atomic E-state index is 11.2. The summed E-state index contributed by atoms with van der Waals surface area (Å²) in [7, 11) is 0. The molecule has 0 spiro atoms. The highest BCUT2D eigenvalue weighted by molar-refractivity contribution is 5.87. The van der Waals surface area contributed by atoms with E-state index < -0.39 is 24.1 Å². The molecule has 1 aromatic heterocycles. The van der Waals surface area contributed by atoms with Gasteiger partial charge in [0.2, 0.25) is 0 Å². The fourth-order valence-corrected chi connectivity index (χ4v) is 1.46. The number of ether oxygens (including phenoxy) is 1. The zero-order valence-electron chi connectivity index (χ0n) is 10.3. The van der Waals surface area contributed by atoms with Gasteiger partial charge in [-0.1, -0.05) is 0 Å². The van der Waals surface area contributed by atoms with E-state index in [1.54, 1.807) is 6.92 Å². The molecule has 0 aliphatic heterocycles. The standard InChI is InChI=1S/C12H15NO6/c1-2-19-10(15)4-9(14)11(16)7-3-8(12(17)18)6-13-5-7/h3,5-6,9,11,14,16H,2,4H2,1H3,(H,17,18). The van der Waals surface area contributed by atoms with Gasteiger partial charge in [-0.3, -0.25) is 9.78 Å². The van der Waals surface area contributed by atoms with E-state index in [-0.39, 0.29) is 24.2 Å². The first kappa shape index (κ1) is 15.1. The van der Waals surface area contributed by atoms with Gasteiger partial charge in [-0.2, -0.15) is 0 Å². The zero-order chi connectivity index (χ0) is 14.4. The van der Waals surface area contributed by atoms with Crippen molar-refractivity contribution >= 4 is 11.9 Å². The molecule has 0 aromatic carbocycles. The zero-order valence-corrected chi connectivity index (χ0v) is 10.3. The van der Waals surface area contributed by atoms with E-state index in [9.17, 15) is 19.8 Å². The lowest BCUT2D eigenvalue weighted by molar-refractivity contribution is -0.147. The molecule has 0 aliphatic carbocycles. The van der Waals surface area contributed by atoms with Crippen LogP contribution >= 0.6 is 0 Å². The highest BCUT2D eigenvalue weighted by Crippen LogP contribution is 2.19. The highest BCUT2D eigenvalue weighted by atomic mass is 16.5. The lowest BCUT2D eigenvalue weighted by Crippen LogP contribution is -2.23. The Balaban J connectivity index is 2.76. The average Bonchev–Trinajstić information content (AvgIpc) is 2.38. The molecule has 0 saturated heterocycles. The molecule has 104 valence electrons. The van der Waals surface area contributed by atoms with E-state index in [0.29, 0.717) is 0 Å². The number of aromatic nitrogens is 1. The Kier molecular flexibility index (Phi) is 5.40. The predicted molar refractivity (Wildman–Crippen MR) is 63.4 cm³/mol. The summed E-state index contributed by atoms with van der Waals surface area (Å²) in [5, 5.41) is 28.3. The van der Waals surface area contributed by atoms with Crippen LogP contribution in [0.3, 0.4) is 0 Å². The summed E-state index contributed by atoms with van der Waals surface area (Å²) in [5.74, 6) is -1.84. The highest BCUT2D eigenvalue weighted by Gasteiger charge is 2.23. The maximum Gasteiger partial charge on any atom is 0.337 e. The first-order chi connectivity index (χ1) is 8.95. The molecule has 1 aromatic rings. The first-order valence-electron chi connectivity index (χ1n) is 5.65. The summed E-state index contributed by atoms with van der Waals surface area (Å²) in [5.41, 5.74) is 0.0107. The summed E-state index contributed by atoms with van der Waals surface area (Å²) in [6.07, 6.45) is -0.824. The number of hydrogen-bond acceptors (Lipinski definition) is 6. The Morgan fingerprint density at radius 3 is 2.63 bits per heavy atom. The van der Waals surface area contributed by atoms with Crippen LogP contribution in [0.1, 0.15) is 35.4 Å². The van der Waals surface area contributed by atoms with Gasteiger partial charge < -0.3 is 20.1 Å². The lowest BCUT2D eigenvalue weighted by Gasteiger charge is -2.17. The van der Waals surface area contributed by atoms with E-state index in [0.717, 1.165) is 6.20 Å². The minimum atomic E-state index is -1.41. The van der Waals surface area contributed by atoms with Gasteiger partial charge in [0.1, 0.15) is 6.10 Å². The number of aromatic carboxylic acids is 1. The summed E-state index contributed by atoms with van der Waals surface area (Å²) in [6, 6.07) is 1.19. The van der Waals surface area contributed by atoms with Gasteiger partial charge in [-0.15, -0.1) is 0 Å². The molecule has 0 aliphatic rings.